The van der Waals surface area contributed by atoms with Gasteiger partial charge in [-0.15, -0.1) is 0 Å². The van der Waals surface area contributed by atoms with Crippen LogP contribution in [0.1, 0.15) is 165 Å². The maximum absolute atomic E-state index is 16.7. The molecule has 11 aromatic carbocycles. The second kappa shape index (κ2) is 29.8. The van der Waals surface area contributed by atoms with Gasteiger partial charge in [0, 0.05) is 89.8 Å². The predicted octanol–water partition coefficient (Wildman–Crippen LogP) is 19.0. The SMILES string of the molecule is CC(C)c1cc(Br)cc(C(C)C)c1NC(=O)c1cc(Oc2ccc(CCO)cc2)c2c3c(Oc4ccc(CCO)cc4)cc(C(=O)O)c4c(C(=O)O)cc(Oc5ccc(CCO)cc5)c(c5c(Oc6ccc(CCO)cc6)cc(C(=O)Nc6c(C(C)C)cc(Br)cc6C(C)C)c1c25)c43. The molecule has 8 N–H and O–H groups in total. The van der Waals surface area contributed by atoms with Crippen LogP contribution in [0.2, 0.25) is 0 Å². The lowest BCUT2D eigenvalue weighted by molar-refractivity contribution is 0.0695. The van der Waals surface area contributed by atoms with Crippen LogP contribution in [0.5, 0.6) is 46.0 Å². The van der Waals surface area contributed by atoms with Crippen LogP contribution in [0.15, 0.2) is 155 Å². The average molecular weight is 1450 g/mol. The van der Waals surface area contributed by atoms with Gasteiger partial charge in [-0.3, -0.25) is 9.59 Å². The highest BCUT2D eigenvalue weighted by Crippen LogP contribution is 2.57. The molecule has 0 saturated carbocycles. The molecule has 0 bridgehead atoms. The lowest BCUT2D eigenvalue weighted by atomic mass is 9.82. The van der Waals surface area contributed by atoms with Crippen LogP contribution in [-0.2, 0) is 25.7 Å². The van der Waals surface area contributed by atoms with E-state index < -0.39 is 34.9 Å². The maximum Gasteiger partial charge on any atom is 0.336 e. The van der Waals surface area contributed by atoms with Crippen molar-refractivity contribution in [2.75, 3.05) is 37.1 Å². The zero-order chi connectivity index (χ0) is 70.0. The van der Waals surface area contributed by atoms with E-state index in [2.05, 4.69) is 42.5 Å². The number of hydrogen-bond donors (Lipinski definition) is 8. The summed E-state index contributed by atoms with van der Waals surface area (Å²) >= 11 is 7.49. The summed E-state index contributed by atoms with van der Waals surface area (Å²) in [6.45, 7) is 15.7. The first-order chi connectivity index (χ1) is 47.0. The van der Waals surface area contributed by atoms with Gasteiger partial charge in [0.25, 0.3) is 11.8 Å². The highest BCUT2D eigenvalue weighted by Gasteiger charge is 2.36. The van der Waals surface area contributed by atoms with E-state index in [1.165, 1.54) is 12.1 Å². The van der Waals surface area contributed by atoms with E-state index in [-0.39, 0.29) is 150 Å². The zero-order valence-electron chi connectivity index (χ0n) is 55.5. The standard InChI is InChI=1S/C80H76Br2N2O14/c1-41(2)55-33-49(81)34-56(42(3)4)75(55)83-77(89)59-37-63(95-51-17-9-45(10-18-51)25-29-85)69-71-65(97-53-21-13-47(14-22-53)27-31-87)39-61(79(91)92)68-62(80(93)94)40-66(98-54-23-15-48(16-24-54)28-32-88)72(74(68)71)70-64(96-52-19-11-46(12-20-52)26-30-86)38-60(67(59)73(69)70)78(90)84-76-57(43(5)6)35-50(82)36-58(76)44(7)8/h9-24,33-44,85-88H,25-32H2,1-8H3,(H,83,89)(H,84,90)(H,91,92)(H,93,94). The number of carboxylic acid groups (broad SMARTS) is 2. The van der Waals surface area contributed by atoms with Gasteiger partial charge in [-0.1, -0.05) is 136 Å². The Balaban J connectivity index is 1.42. The molecule has 2 amide bonds. The quantitative estimate of drug-likeness (QED) is 0.0186. The van der Waals surface area contributed by atoms with Crippen LogP contribution in [0.3, 0.4) is 0 Å². The lowest BCUT2D eigenvalue weighted by Gasteiger charge is -2.27. The topological polar surface area (TPSA) is 251 Å². The van der Waals surface area contributed by atoms with E-state index in [1.54, 1.807) is 109 Å². The van der Waals surface area contributed by atoms with Gasteiger partial charge in [0.05, 0.1) is 22.3 Å². The van der Waals surface area contributed by atoms with Crippen molar-refractivity contribution in [2.45, 2.75) is 105 Å². The molecule has 16 nitrogen and oxygen atoms in total. The molecule has 98 heavy (non-hydrogen) atoms. The molecule has 0 spiro atoms. The summed E-state index contributed by atoms with van der Waals surface area (Å²) in [5, 5.41) is 70.2. The number of ether oxygens (including phenoxy) is 4. The number of nitrogens with one attached hydrogen (secondary N) is 2. The van der Waals surface area contributed by atoms with Crippen LogP contribution >= 0.6 is 31.9 Å². The van der Waals surface area contributed by atoms with Crippen LogP contribution < -0.4 is 29.6 Å². The third kappa shape index (κ3) is 14.3. The summed E-state index contributed by atoms with van der Waals surface area (Å²) in [5.41, 5.74) is 6.38. The second-order valence-corrected chi connectivity index (χ2v) is 27.5. The highest BCUT2D eigenvalue weighted by molar-refractivity contribution is 9.10. The van der Waals surface area contributed by atoms with Gasteiger partial charge in [-0.25, -0.2) is 9.59 Å². The van der Waals surface area contributed by atoms with Gasteiger partial charge in [0.2, 0.25) is 0 Å². The van der Waals surface area contributed by atoms with Crippen molar-refractivity contribution >= 4 is 110 Å². The Morgan fingerprint density at radius 1 is 0.337 bits per heavy atom. The average Bonchev–Trinajstić information content (AvgIpc) is 0.680. The molecule has 0 aromatic heterocycles. The number of carboxylic acids is 2. The van der Waals surface area contributed by atoms with Gasteiger partial charge in [0.15, 0.2) is 0 Å². The van der Waals surface area contributed by atoms with Crippen LogP contribution in [0.25, 0.3) is 43.1 Å². The minimum atomic E-state index is -1.51. The number of aromatic carboxylic acids is 2. The summed E-state index contributed by atoms with van der Waals surface area (Å²) in [5.74, 6) is -4.19. The smallest absolute Gasteiger partial charge is 0.336 e. The van der Waals surface area contributed by atoms with E-state index in [1.807, 2.05) is 79.7 Å². The molecule has 18 heteroatoms. The first-order valence-corrected chi connectivity index (χ1v) is 34.2. The number of carbonyl (C=O) groups excluding carboxylic acids is 2. The number of carbonyl (C=O) groups is 4. The molecular formula is C80H76Br2N2O14. The molecular weight excluding hydrogens is 1370 g/mol. The minimum absolute atomic E-state index is 0.00545. The molecule has 0 atom stereocenters. The first kappa shape index (κ1) is 69.9. The van der Waals surface area contributed by atoms with E-state index in [0.29, 0.717) is 37.1 Å². The number of aliphatic hydroxyl groups is 4. The molecule has 504 valence electrons. The summed E-state index contributed by atoms with van der Waals surface area (Å²) in [4.78, 5) is 61.8. The summed E-state index contributed by atoms with van der Waals surface area (Å²) < 4.78 is 30.1. The summed E-state index contributed by atoms with van der Waals surface area (Å²) in [6, 6.07) is 41.1. The first-order valence-electron chi connectivity index (χ1n) is 32.6. The molecule has 0 saturated heterocycles. The van der Waals surface area contributed by atoms with Crippen molar-refractivity contribution in [3.8, 4) is 46.0 Å². The van der Waals surface area contributed by atoms with Crippen molar-refractivity contribution in [2.24, 2.45) is 0 Å². The number of halogens is 2. The molecule has 11 aromatic rings. The number of fused-ring (bicyclic) bond motifs is 2. The van der Waals surface area contributed by atoms with Crippen molar-refractivity contribution in [3.05, 3.63) is 221 Å². The van der Waals surface area contributed by atoms with Gasteiger partial charge in [-0.2, -0.15) is 0 Å². The lowest BCUT2D eigenvalue weighted by Crippen LogP contribution is -2.20. The Morgan fingerprint density at radius 2 is 0.561 bits per heavy atom. The number of amides is 2. The Morgan fingerprint density at radius 3 is 0.776 bits per heavy atom. The Bertz CT molecular complexity index is 4500. The number of aliphatic hydroxyl groups excluding tert-OH is 4. The highest BCUT2D eigenvalue weighted by atomic mass is 79.9. The number of hydrogen-bond acceptors (Lipinski definition) is 12. The summed E-state index contributed by atoms with van der Waals surface area (Å²) in [6.07, 6.45) is 1.29. The molecule has 0 aliphatic heterocycles. The van der Waals surface area contributed by atoms with Crippen molar-refractivity contribution < 1.29 is 68.8 Å². The van der Waals surface area contributed by atoms with E-state index in [9.17, 15) is 40.2 Å². The normalized spacial score (nSPS) is 11.7. The fourth-order valence-corrected chi connectivity index (χ4v) is 13.9. The molecule has 0 unspecified atom stereocenters. The van der Waals surface area contributed by atoms with Crippen molar-refractivity contribution in [3.63, 3.8) is 0 Å². The third-order valence-electron chi connectivity index (χ3n) is 17.6. The molecule has 0 fully saturated rings. The maximum atomic E-state index is 16.7. The molecule has 0 aliphatic carbocycles. The van der Waals surface area contributed by atoms with Gasteiger partial charge in [0.1, 0.15) is 46.0 Å². The third-order valence-corrected chi connectivity index (χ3v) is 18.5. The Labute approximate surface area is 584 Å². The largest absolute Gasteiger partial charge is 0.478 e. The van der Waals surface area contributed by atoms with Crippen LogP contribution in [-0.4, -0.2) is 80.8 Å². The van der Waals surface area contributed by atoms with Crippen molar-refractivity contribution in [1.29, 1.82) is 0 Å². The predicted molar refractivity (Wildman–Crippen MR) is 391 cm³/mol. The Hall–Kier alpha value is -9.40. The van der Waals surface area contributed by atoms with E-state index in [4.69, 9.17) is 18.9 Å². The van der Waals surface area contributed by atoms with Gasteiger partial charge >= 0.3 is 11.9 Å². The second-order valence-electron chi connectivity index (χ2n) is 25.6. The van der Waals surface area contributed by atoms with Gasteiger partial charge < -0.3 is 60.2 Å². The molecule has 0 radical (unpaired) electrons. The molecule has 0 heterocycles. The summed E-state index contributed by atoms with van der Waals surface area (Å²) in [7, 11) is 0. The monoisotopic (exact) mass is 1450 g/mol. The van der Waals surface area contributed by atoms with Crippen LogP contribution in [0, 0.1) is 0 Å². The number of anilines is 2. The van der Waals surface area contributed by atoms with E-state index >= 15 is 9.59 Å². The zero-order valence-corrected chi connectivity index (χ0v) is 58.7. The van der Waals surface area contributed by atoms with Crippen LogP contribution in [0.4, 0.5) is 11.4 Å². The van der Waals surface area contributed by atoms with Gasteiger partial charge in [-0.05, 0) is 191 Å². The fourth-order valence-electron chi connectivity index (χ4n) is 12.9. The number of benzene rings is 11. The minimum Gasteiger partial charge on any atom is -0.478 e. The van der Waals surface area contributed by atoms with Crippen molar-refractivity contribution in [1.82, 2.24) is 0 Å². The van der Waals surface area contributed by atoms with E-state index in [0.717, 1.165) is 53.5 Å². The Kier molecular flexibility index (Phi) is 21.2. The molecule has 0 aliphatic rings. The molecule has 11 rings (SSSR count). The fraction of sp³-hybridized carbons (Fsp3) is 0.250. The number of rotatable bonds is 26.